The lowest BCUT2D eigenvalue weighted by molar-refractivity contribution is -0.144. The van der Waals surface area contributed by atoms with E-state index in [0.717, 1.165) is 19.3 Å². The van der Waals surface area contributed by atoms with Crippen LogP contribution in [0.25, 0.3) is 0 Å². The van der Waals surface area contributed by atoms with E-state index >= 15 is 0 Å². The SMILES string of the molecule is CCCCCC(C)(C(=O)O)c1ccccc1OC(C)=O. The zero-order chi connectivity index (χ0) is 15.2. The Morgan fingerprint density at radius 2 is 1.90 bits per heavy atom. The Bertz CT molecular complexity index is 481. The summed E-state index contributed by atoms with van der Waals surface area (Å²) in [6, 6.07) is 6.86. The smallest absolute Gasteiger partial charge is 0.313 e. The highest BCUT2D eigenvalue weighted by atomic mass is 16.5. The summed E-state index contributed by atoms with van der Waals surface area (Å²) in [7, 11) is 0. The quantitative estimate of drug-likeness (QED) is 0.471. The number of benzene rings is 1. The van der Waals surface area contributed by atoms with Crippen molar-refractivity contribution in [1.29, 1.82) is 0 Å². The average Bonchev–Trinajstić information content (AvgIpc) is 2.38. The first-order chi connectivity index (χ1) is 9.41. The first kappa shape index (κ1) is 16.2. The second kappa shape index (κ2) is 7.08. The Balaban J connectivity index is 3.14. The van der Waals surface area contributed by atoms with Gasteiger partial charge in [-0.1, -0.05) is 44.4 Å². The third kappa shape index (κ3) is 3.83. The van der Waals surface area contributed by atoms with Gasteiger partial charge in [0.1, 0.15) is 5.75 Å². The minimum atomic E-state index is -1.04. The minimum Gasteiger partial charge on any atom is -0.481 e. The van der Waals surface area contributed by atoms with Crippen molar-refractivity contribution in [2.45, 2.75) is 51.9 Å². The highest BCUT2D eigenvalue weighted by Crippen LogP contribution is 2.36. The fourth-order valence-electron chi connectivity index (χ4n) is 2.25. The van der Waals surface area contributed by atoms with Gasteiger partial charge in [0.2, 0.25) is 0 Å². The number of carboxylic acid groups (broad SMARTS) is 1. The van der Waals surface area contributed by atoms with Crippen molar-refractivity contribution < 1.29 is 19.4 Å². The van der Waals surface area contributed by atoms with Gasteiger partial charge in [-0.15, -0.1) is 0 Å². The summed E-state index contributed by atoms with van der Waals surface area (Å²) in [5.74, 6) is -1.01. The first-order valence-corrected chi connectivity index (χ1v) is 6.93. The summed E-state index contributed by atoms with van der Waals surface area (Å²) in [6.07, 6.45) is 3.36. The minimum absolute atomic E-state index is 0.335. The lowest BCUT2D eigenvalue weighted by atomic mass is 9.77. The molecule has 1 aromatic rings. The lowest BCUT2D eigenvalue weighted by Gasteiger charge is -2.27. The van der Waals surface area contributed by atoms with E-state index in [1.165, 1.54) is 6.92 Å². The molecule has 1 unspecified atom stereocenters. The van der Waals surface area contributed by atoms with Crippen LogP contribution in [0, 0.1) is 0 Å². The maximum absolute atomic E-state index is 11.7. The Morgan fingerprint density at radius 1 is 1.25 bits per heavy atom. The van der Waals surface area contributed by atoms with Crippen molar-refractivity contribution in [2.24, 2.45) is 0 Å². The fraction of sp³-hybridized carbons (Fsp3) is 0.500. The molecule has 1 atom stereocenters. The molecule has 0 spiro atoms. The average molecular weight is 278 g/mol. The Morgan fingerprint density at radius 3 is 2.45 bits per heavy atom. The largest absolute Gasteiger partial charge is 0.481 e. The number of carbonyl (C=O) groups excluding carboxylic acids is 1. The van der Waals surface area contributed by atoms with E-state index in [0.29, 0.717) is 17.7 Å². The molecule has 4 heteroatoms. The summed E-state index contributed by atoms with van der Waals surface area (Å²) >= 11 is 0. The van der Waals surface area contributed by atoms with Gasteiger partial charge in [0.05, 0.1) is 5.41 Å². The van der Waals surface area contributed by atoms with E-state index in [1.54, 1.807) is 31.2 Å². The van der Waals surface area contributed by atoms with E-state index in [-0.39, 0.29) is 0 Å². The zero-order valence-corrected chi connectivity index (χ0v) is 12.3. The number of esters is 1. The van der Waals surface area contributed by atoms with Crippen molar-refractivity contribution in [2.75, 3.05) is 0 Å². The molecule has 20 heavy (non-hydrogen) atoms. The van der Waals surface area contributed by atoms with Gasteiger partial charge in [-0.05, 0) is 19.4 Å². The fourth-order valence-corrected chi connectivity index (χ4v) is 2.25. The van der Waals surface area contributed by atoms with Crippen LogP contribution in [0.1, 0.15) is 52.0 Å². The summed E-state index contributed by atoms with van der Waals surface area (Å²) in [5, 5.41) is 9.60. The standard InChI is InChI=1S/C16H22O4/c1-4-5-8-11-16(3,15(18)19)13-9-6-7-10-14(13)20-12(2)17/h6-7,9-10H,4-5,8,11H2,1-3H3,(H,18,19). The van der Waals surface area contributed by atoms with Gasteiger partial charge in [-0.3, -0.25) is 9.59 Å². The van der Waals surface area contributed by atoms with Crippen molar-refractivity contribution in [3.8, 4) is 5.75 Å². The van der Waals surface area contributed by atoms with Crippen LogP contribution < -0.4 is 4.74 Å². The Hall–Kier alpha value is -1.84. The normalized spacial score (nSPS) is 13.6. The Kier molecular flexibility index (Phi) is 5.74. The molecular formula is C16H22O4. The zero-order valence-electron chi connectivity index (χ0n) is 12.3. The molecule has 4 nitrogen and oxygen atoms in total. The van der Waals surface area contributed by atoms with Crippen LogP contribution in [-0.4, -0.2) is 17.0 Å². The molecule has 0 radical (unpaired) electrons. The van der Waals surface area contributed by atoms with Crippen LogP contribution >= 0.6 is 0 Å². The number of carboxylic acids is 1. The van der Waals surface area contributed by atoms with E-state index in [2.05, 4.69) is 6.92 Å². The summed E-state index contributed by atoms with van der Waals surface area (Å²) < 4.78 is 5.15. The van der Waals surface area contributed by atoms with Gasteiger partial charge in [0, 0.05) is 12.5 Å². The van der Waals surface area contributed by atoms with Gasteiger partial charge in [0.25, 0.3) is 0 Å². The molecule has 1 rings (SSSR count). The van der Waals surface area contributed by atoms with Crippen molar-refractivity contribution in [3.63, 3.8) is 0 Å². The highest BCUT2D eigenvalue weighted by Gasteiger charge is 2.37. The molecule has 0 saturated carbocycles. The molecule has 0 heterocycles. The van der Waals surface area contributed by atoms with Crippen LogP contribution in [0.4, 0.5) is 0 Å². The van der Waals surface area contributed by atoms with E-state index in [9.17, 15) is 14.7 Å². The molecule has 0 aliphatic carbocycles. The van der Waals surface area contributed by atoms with Gasteiger partial charge in [-0.25, -0.2) is 0 Å². The van der Waals surface area contributed by atoms with Gasteiger partial charge >= 0.3 is 11.9 Å². The molecule has 0 aliphatic heterocycles. The van der Waals surface area contributed by atoms with Crippen molar-refractivity contribution >= 4 is 11.9 Å². The molecule has 110 valence electrons. The number of aliphatic carboxylic acids is 1. The monoisotopic (exact) mass is 278 g/mol. The van der Waals surface area contributed by atoms with Crippen LogP contribution in [0.15, 0.2) is 24.3 Å². The second-order valence-corrected chi connectivity index (χ2v) is 5.18. The molecule has 0 aliphatic rings. The maximum atomic E-state index is 11.7. The van der Waals surface area contributed by atoms with Gasteiger partial charge in [0.15, 0.2) is 0 Å². The second-order valence-electron chi connectivity index (χ2n) is 5.18. The van der Waals surface area contributed by atoms with E-state index in [4.69, 9.17) is 4.74 Å². The highest BCUT2D eigenvalue weighted by molar-refractivity contribution is 5.82. The van der Waals surface area contributed by atoms with Crippen molar-refractivity contribution in [3.05, 3.63) is 29.8 Å². The summed E-state index contributed by atoms with van der Waals surface area (Å²) in [6.45, 7) is 5.07. The molecule has 0 bridgehead atoms. The molecular weight excluding hydrogens is 256 g/mol. The van der Waals surface area contributed by atoms with E-state index in [1.807, 2.05) is 0 Å². The topological polar surface area (TPSA) is 63.6 Å². The molecule has 0 fully saturated rings. The predicted molar refractivity (Wildman–Crippen MR) is 76.9 cm³/mol. The molecule has 0 saturated heterocycles. The summed E-state index contributed by atoms with van der Waals surface area (Å²) in [4.78, 5) is 22.9. The summed E-state index contributed by atoms with van der Waals surface area (Å²) in [5.41, 5.74) is -0.486. The Labute approximate surface area is 119 Å². The molecule has 1 N–H and O–H groups in total. The first-order valence-electron chi connectivity index (χ1n) is 6.93. The third-order valence-corrected chi connectivity index (χ3v) is 3.49. The maximum Gasteiger partial charge on any atom is 0.313 e. The van der Waals surface area contributed by atoms with Crippen LogP contribution in [0.5, 0.6) is 5.75 Å². The lowest BCUT2D eigenvalue weighted by Crippen LogP contribution is -2.33. The number of ether oxygens (including phenoxy) is 1. The number of para-hydroxylation sites is 1. The predicted octanol–water partition coefficient (Wildman–Crippen LogP) is 3.53. The number of rotatable bonds is 7. The van der Waals surface area contributed by atoms with Gasteiger partial charge < -0.3 is 9.84 Å². The van der Waals surface area contributed by atoms with Crippen LogP contribution in [0.2, 0.25) is 0 Å². The van der Waals surface area contributed by atoms with Crippen LogP contribution in [0.3, 0.4) is 0 Å². The number of hydrogen-bond acceptors (Lipinski definition) is 3. The molecule has 1 aromatic carbocycles. The van der Waals surface area contributed by atoms with Crippen LogP contribution in [-0.2, 0) is 15.0 Å². The number of unbranched alkanes of at least 4 members (excludes halogenated alkanes) is 2. The van der Waals surface area contributed by atoms with Gasteiger partial charge in [-0.2, -0.15) is 0 Å². The number of hydrogen-bond donors (Lipinski definition) is 1. The molecule has 0 aromatic heterocycles. The third-order valence-electron chi connectivity index (χ3n) is 3.49. The van der Waals surface area contributed by atoms with Crippen molar-refractivity contribution in [1.82, 2.24) is 0 Å². The van der Waals surface area contributed by atoms with E-state index < -0.39 is 17.4 Å². The molecule has 0 amide bonds. The number of carbonyl (C=O) groups is 2.